The van der Waals surface area contributed by atoms with Crippen molar-refractivity contribution >= 4 is 11.9 Å². The van der Waals surface area contributed by atoms with Crippen molar-refractivity contribution in [2.24, 2.45) is 0 Å². The van der Waals surface area contributed by atoms with Gasteiger partial charge in [-0.3, -0.25) is 9.59 Å². The molecule has 1 amide bonds. The number of aliphatic hydroxyl groups excluding tert-OH is 2. The Labute approximate surface area is 482 Å². The van der Waals surface area contributed by atoms with Crippen LogP contribution in [0.5, 0.6) is 0 Å². The van der Waals surface area contributed by atoms with E-state index in [1.54, 1.807) is 0 Å². The zero-order chi connectivity index (χ0) is 55.7. The van der Waals surface area contributed by atoms with Gasteiger partial charge >= 0.3 is 5.97 Å². The Hall–Kier alpha value is -1.40. The quantitative estimate of drug-likeness (QED) is 0.0320. The van der Waals surface area contributed by atoms with E-state index >= 15 is 0 Å². The first-order valence-corrected chi connectivity index (χ1v) is 35.4. The molecule has 0 saturated heterocycles. The van der Waals surface area contributed by atoms with Gasteiger partial charge in [0.15, 0.2) is 0 Å². The van der Waals surface area contributed by atoms with E-state index in [-0.39, 0.29) is 18.5 Å². The van der Waals surface area contributed by atoms with E-state index in [1.165, 1.54) is 334 Å². The zero-order valence-corrected chi connectivity index (χ0v) is 52.5. The van der Waals surface area contributed by atoms with E-state index in [4.69, 9.17) is 4.74 Å². The van der Waals surface area contributed by atoms with Gasteiger partial charge in [0.05, 0.1) is 25.4 Å². The van der Waals surface area contributed by atoms with Crippen molar-refractivity contribution in [3.63, 3.8) is 0 Å². The summed E-state index contributed by atoms with van der Waals surface area (Å²) >= 11 is 0. The number of hydrogen-bond donors (Lipinski definition) is 3. The minimum atomic E-state index is -0.667. The lowest BCUT2D eigenvalue weighted by atomic mass is 10.0. The first kappa shape index (κ1) is 75.6. The lowest BCUT2D eigenvalue weighted by Gasteiger charge is -2.22. The Kier molecular flexibility index (Phi) is 65.9. The van der Waals surface area contributed by atoms with Crippen molar-refractivity contribution in [1.82, 2.24) is 5.32 Å². The molecule has 0 radical (unpaired) electrons. The van der Waals surface area contributed by atoms with Crippen LogP contribution in [0, 0.1) is 0 Å². The number of aliphatic hydroxyl groups is 2. The molecule has 0 aliphatic carbocycles. The standard InChI is InChI=1S/C71H139NO5/c1-3-5-7-9-11-13-15-17-19-21-28-32-35-39-43-47-51-55-59-63-69(74)68(67-73)72-70(75)64-60-56-52-48-44-40-36-33-29-26-24-22-23-25-27-30-34-38-42-46-50-54-58-62-66-77-71(76)65-61-57-53-49-45-41-37-31-20-18-16-14-12-10-8-6-4-2/h24,26,68-69,73-74H,3-23,25,27-67H2,1-2H3,(H,72,75)/b26-24-. The molecule has 0 rings (SSSR count). The zero-order valence-electron chi connectivity index (χ0n) is 52.5. The highest BCUT2D eigenvalue weighted by Crippen LogP contribution is 2.19. The third-order valence-electron chi connectivity index (χ3n) is 16.8. The lowest BCUT2D eigenvalue weighted by molar-refractivity contribution is -0.143. The second-order valence-electron chi connectivity index (χ2n) is 24.6. The number of ether oxygens (including phenoxy) is 1. The molecule has 6 nitrogen and oxygen atoms in total. The summed E-state index contributed by atoms with van der Waals surface area (Å²) in [5.41, 5.74) is 0. The lowest BCUT2D eigenvalue weighted by Crippen LogP contribution is -2.45. The van der Waals surface area contributed by atoms with Crippen molar-refractivity contribution in [2.45, 2.75) is 418 Å². The van der Waals surface area contributed by atoms with Gasteiger partial charge in [-0.2, -0.15) is 0 Å². The highest BCUT2D eigenvalue weighted by molar-refractivity contribution is 5.76. The average Bonchev–Trinajstić information content (AvgIpc) is 3.43. The van der Waals surface area contributed by atoms with E-state index in [9.17, 15) is 19.8 Å². The van der Waals surface area contributed by atoms with Gasteiger partial charge in [-0.05, 0) is 51.4 Å². The predicted molar refractivity (Wildman–Crippen MR) is 338 cm³/mol. The van der Waals surface area contributed by atoms with E-state index in [1.807, 2.05) is 0 Å². The summed E-state index contributed by atoms with van der Waals surface area (Å²) < 4.78 is 5.51. The van der Waals surface area contributed by atoms with Gasteiger partial charge in [-0.15, -0.1) is 0 Å². The van der Waals surface area contributed by atoms with E-state index in [0.717, 1.165) is 38.5 Å². The van der Waals surface area contributed by atoms with Crippen molar-refractivity contribution in [3.05, 3.63) is 12.2 Å². The van der Waals surface area contributed by atoms with Crippen molar-refractivity contribution in [1.29, 1.82) is 0 Å². The molecule has 0 aliphatic rings. The molecule has 0 heterocycles. The second-order valence-corrected chi connectivity index (χ2v) is 24.6. The maximum Gasteiger partial charge on any atom is 0.305 e. The Morgan fingerprint density at radius 1 is 0.351 bits per heavy atom. The van der Waals surface area contributed by atoms with Crippen molar-refractivity contribution < 1.29 is 24.5 Å². The van der Waals surface area contributed by atoms with Crippen LogP contribution in [-0.4, -0.2) is 47.4 Å². The normalized spacial score (nSPS) is 12.5. The fraction of sp³-hybridized carbons (Fsp3) is 0.944. The molecule has 3 N–H and O–H groups in total. The third-order valence-corrected chi connectivity index (χ3v) is 16.8. The summed E-state index contributed by atoms with van der Waals surface area (Å²) in [7, 11) is 0. The van der Waals surface area contributed by atoms with Gasteiger partial charge in [0, 0.05) is 12.8 Å². The van der Waals surface area contributed by atoms with E-state index in [0.29, 0.717) is 25.9 Å². The van der Waals surface area contributed by atoms with Gasteiger partial charge < -0.3 is 20.3 Å². The summed E-state index contributed by atoms with van der Waals surface area (Å²) in [4.78, 5) is 24.6. The molecule has 0 aromatic rings. The monoisotopic (exact) mass is 1090 g/mol. The maximum atomic E-state index is 12.5. The first-order valence-electron chi connectivity index (χ1n) is 35.4. The van der Waals surface area contributed by atoms with E-state index in [2.05, 4.69) is 31.3 Å². The highest BCUT2D eigenvalue weighted by atomic mass is 16.5. The summed E-state index contributed by atoms with van der Waals surface area (Å²) in [6.07, 6.45) is 82.5. The number of esters is 1. The minimum absolute atomic E-state index is 0.0177. The fourth-order valence-electron chi connectivity index (χ4n) is 11.4. The van der Waals surface area contributed by atoms with Gasteiger partial charge in [-0.1, -0.05) is 353 Å². The Balaban J connectivity index is 3.38. The van der Waals surface area contributed by atoms with Gasteiger partial charge in [0.25, 0.3) is 0 Å². The molecule has 2 unspecified atom stereocenters. The number of carbonyl (C=O) groups excluding carboxylic acids is 2. The van der Waals surface area contributed by atoms with Crippen LogP contribution in [0.2, 0.25) is 0 Å². The number of rotatable bonds is 67. The molecular weight excluding hydrogens is 947 g/mol. The molecule has 0 saturated carbocycles. The van der Waals surface area contributed by atoms with Crippen LogP contribution in [0.4, 0.5) is 0 Å². The Morgan fingerprint density at radius 3 is 0.922 bits per heavy atom. The fourth-order valence-corrected chi connectivity index (χ4v) is 11.4. The van der Waals surface area contributed by atoms with Crippen molar-refractivity contribution in [2.75, 3.05) is 13.2 Å². The van der Waals surface area contributed by atoms with Crippen LogP contribution in [0.1, 0.15) is 406 Å². The Morgan fingerprint density at radius 2 is 0.610 bits per heavy atom. The highest BCUT2D eigenvalue weighted by Gasteiger charge is 2.20. The molecule has 77 heavy (non-hydrogen) atoms. The molecule has 2 atom stereocenters. The molecule has 0 spiro atoms. The van der Waals surface area contributed by atoms with Crippen molar-refractivity contribution in [3.8, 4) is 0 Å². The molecule has 0 aromatic carbocycles. The minimum Gasteiger partial charge on any atom is -0.466 e. The molecular formula is C71H139NO5. The SMILES string of the molecule is CCCCCCCCCCCCCCCCCCCCCC(O)C(CO)NC(=O)CCCCCCCCCC/C=C\CCCCCCCCCCCCCCOC(=O)CCCCCCCCCCCCCCCCCCC. The summed E-state index contributed by atoms with van der Waals surface area (Å²) in [6.45, 7) is 5.00. The van der Waals surface area contributed by atoms with Crippen LogP contribution < -0.4 is 5.32 Å². The van der Waals surface area contributed by atoms with Gasteiger partial charge in [-0.25, -0.2) is 0 Å². The predicted octanol–water partition coefficient (Wildman–Crippen LogP) is 22.8. The number of amides is 1. The summed E-state index contributed by atoms with van der Waals surface area (Å²) in [5, 5.41) is 23.4. The Bertz CT molecular complexity index is 1160. The second kappa shape index (κ2) is 67.1. The molecule has 458 valence electrons. The first-order chi connectivity index (χ1) is 38.0. The number of nitrogens with one attached hydrogen (secondary N) is 1. The average molecular weight is 1090 g/mol. The van der Waals surface area contributed by atoms with Crippen LogP contribution in [0.3, 0.4) is 0 Å². The maximum absolute atomic E-state index is 12.5. The van der Waals surface area contributed by atoms with Crippen LogP contribution in [0.25, 0.3) is 0 Å². The number of hydrogen-bond acceptors (Lipinski definition) is 5. The van der Waals surface area contributed by atoms with E-state index < -0.39 is 12.1 Å². The van der Waals surface area contributed by atoms with Crippen LogP contribution in [0.15, 0.2) is 12.2 Å². The molecule has 6 heteroatoms. The van der Waals surface area contributed by atoms with Crippen LogP contribution in [-0.2, 0) is 14.3 Å². The molecule has 0 fully saturated rings. The largest absolute Gasteiger partial charge is 0.466 e. The number of carbonyl (C=O) groups is 2. The van der Waals surface area contributed by atoms with Gasteiger partial charge in [0.1, 0.15) is 0 Å². The summed E-state index contributed by atoms with van der Waals surface area (Å²) in [6, 6.07) is -0.545. The summed E-state index contributed by atoms with van der Waals surface area (Å²) in [5.74, 6) is -0.0174. The smallest absolute Gasteiger partial charge is 0.305 e. The molecule has 0 aliphatic heterocycles. The number of unbranched alkanes of at least 4 members (excludes halogenated alkanes) is 54. The van der Waals surface area contributed by atoms with Gasteiger partial charge in [0.2, 0.25) is 5.91 Å². The molecule has 0 bridgehead atoms. The molecule has 0 aromatic heterocycles. The number of allylic oxidation sites excluding steroid dienone is 2. The third kappa shape index (κ3) is 63.6. The topological polar surface area (TPSA) is 95.9 Å². The van der Waals surface area contributed by atoms with Crippen LogP contribution >= 0.6 is 0 Å².